The highest BCUT2D eigenvalue weighted by Gasteiger charge is 2.08. The molecule has 0 aliphatic rings. The van der Waals surface area contributed by atoms with Crippen LogP contribution in [0, 0.1) is 0 Å². The molecular formula is C9H16N4OS. The van der Waals surface area contributed by atoms with E-state index in [1.165, 1.54) is 0 Å². The van der Waals surface area contributed by atoms with Crippen LogP contribution in [0.1, 0.15) is 27.2 Å². The Morgan fingerprint density at radius 2 is 2.07 bits per heavy atom. The van der Waals surface area contributed by atoms with E-state index < -0.39 is 0 Å². The summed E-state index contributed by atoms with van der Waals surface area (Å²) in [6, 6.07) is 0.302. The normalized spacial score (nSPS) is 12.5. The van der Waals surface area contributed by atoms with Gasteiger partial charge in [0.05, 0.1) is 6.61 Å². The molecule has 0 bridgehead atoms. The Labute approximate surface area is 93.9 Å². The van der Waals surface area contributed by atoms with E-state index in [0.717, 1.165) is 6.42 Å². The van der Waals surface area contributed by atoms with Crippen LogP contribution in [-0.4, -0.2) is 26.8 Å². The lowest BCUT2D eigenvalue weighted by molar-refractivity contribution is 0.308. The van der Waals surface area contributed by atoms with Crippen molar-refractivity contribution in [3.8, 4) is 6.01 Å². The Morgan fingerprint density at radius 3 is 2.67 bits per heavy atom. The van der Waals surface area contributed by atoms with Crippen molar-refractivity contribution in [1.82, 2.24) is 15.0 Å². The molecule has 2 N–H and O–H groups in total. The number of nitrogens with two attached hydrogens (primary N) is 1. The molecule has 0 amide bonds. The standard InChI is InChI=1S/C9H16N4OS/c1-4-6(3)15-9-12-7(10)11-8(13-9)14-5-2/h6H,4-5H2,1-3H3,(H2,10,11,12,13). The van der Waals surface area contributed by atoms with Crippen molar-refractivity contribution in [3.05, 3.63) is 0 Å². The number of anilines is 1. The summed E-state index contributed by atoms with van der Waals surface area (Å²) in [5.41, 5.74) is 5.55. The number of aromatic nitrogens is 3. The molecule has 1 atom stereocenters. The topological polar surface area (TPSA) is 73.9 Å². The molecule has 0 aliphatic carbocycles. The third kappa shape index (κ3) is 3.91. The van der Waals surface area contributed by atoms with Gasteiger partial charge in [0, 0.05) is 5.25 Å². The minimum absolute atomic E-state index is 0.208. The van der Waals surface area contributed by atoms with Gasteiger partial charge in [-0.2, -0.15) is 15.0 Å². The van der Waals surface area contributed by atoms with Crippen molar-refractivity contribution in [2.45, 2.75) is 37.6 Å². The highest BCUT2D eigenvalue weighted by atomic mass is 32.2. The van der Waals surface area contributed by atoms with Crippen LogP contribution in [0.3, 0.4) is 0 Å². The lowest BCUT2D eigenvalue weighted by Crippen LogP contribution is -2.05. The lowest BCUT2D eigenvalue weighted by Gasteiger charge is -2.07. The van der Waals surface area contributed by atoms with Crippen molar-refractivity contribution < 1.29 is 4.74 Å². The molecule has 15 heavy (non-hydrogen) atoms. The minimum Gasteiger partial charge on any atom is -0.464 e. The molecule has 0 spiro atoms. The van der Waals surface area contributed by atoms with Crippen molar-refractivity contribution >= 4 is 17.7 Å². The van der Waals surface area contributed by atoms with E-state index in [1.54, 1.807) is 11.8 Å². The Bertz CT molecular complexity index is 321. The molecule has 1 aromatic rings. The molecule has 0 aromatic carbocycles. The van der Waals surface area contributed by atoms with E-state index >= 15 is 0 Å². The highest BCUT2D eigenvalue weighted by molar-refractivity contribution is 7.99. The van der Waals surface area contributed by atoms with E-state index in [1.807, 2.05) is 6.92 Å². The van der Waals surface area contributed by atoms with E-state index in [2.05, 4.69) is 28.8 Å². The first-order valence-corrected chi connectivity index (χ1v) is 5.84. The summed E-state index contributed by atoms with van der Waals surface area (Å²) in [7, 11) is 0. The first-order valence-electron chi connectivity index (χ1n) is 4.96. The number of hydrogen-bond donors (Lipinski definition) is 1. The van der Waals surface area contributed by atoms with E-state index in [9.17, 15) is 0 Å². The molecule has 1 heterocycles. The lowest BCUT2D eigenvalue weighted by atomic mass is 10.4. The maximum atomic E-state index is 5.55. The first kappa shape index (κ1) is 12.0. The van der Waals surface area contributed by atoms with Gasteiger partial charge in [-0.15, -0.1) is 0 Å². The zero-order chi connectivity index (χ0) is 11.3. The van der Waals surface area contributed by atoms with Crippen LogP contribution in [0.25, 0.3) is 0 Å². The molecule has 0 saturated carbocycles. The fourth-order valence-corrected chi connectivity index (χ4v) is 1.67. The zero-order valence-corrected chi connectivity index (χ0v) is 10.0. The van der Waals surface area contributed by atoms with Crippen LogP contribution in [-0.2, 0) is 0 Å². The number of hydrogen-bond acceptors (Lipinski definition) is 6. The van der Waals surface area contributed by atoms with Gasteiger partial charge < -0.3 is 10.5 Å². The van der Waals surface area contributed by atoms with Crippen LogP contribution in [0.5, 0.6) is 6.01 Å². The van der Waals surface area contributed by atoms with Crippen LogP contribution in [0.4, 0.5) is 5.95 Å². The first-order chi connectivity index (χ1) is 7.15. The smallest absolute Gasteiger partial charge is 0.322 e. The third-order valence-corrected chi connectivity index (χ3v) is 2.90. The second kappa shape index (κ2) is 5.75. The Hall–Kier alpha value is -1.04. The molecule has 0 fully saturated rings. The second-order valence-corrected chi connectivity index (χ2v) is 4.43. The monoisotopic (exact) mass is 228 g/mol. The Morgan fingerprint density at radius 1 is 1.33 bits per heavy atom. The summed E-state index contributed by atoms with van der Waals surface area (Å²) in [5.74, 6) is 0.208. The third-order valence-electron chi connectivity index (χ3n) is 1.77. The van der Waals surface area contributed by atoms with Crippen LogP contribution >= 0.6 is 11.8 Å². The van der Waals surface area contributed by atoms with Crippen molar-refractivity contribution in [2.75, 3.05) is 12.3 Å². The summed E-state index contributed by atoms with van der Waals surface area (Å²) in [5, 5.41) is 1.08. The fourth-order valence-electron chi connectivity index (χ4n) is 0.862. The second-order valence-electron chi connectivity index (χ2n) is 3.03. The molecule has 6 heteroatoms. The van der Waals surface area contributed by atoms with Crippen LogP contribution in [0.15, 0.2) is 5.16 Å². The van der Waals surface area contributed by atoms with E-state index in [4.69, 9.17) is 10.5 Å². The summed E-state index contributed by atoms with van der Waals surface area (Å²) in [6.45, 7) is 6.63. The molecule has 84 valence electrons. The average Bonchev–Trinajstić information content (AvgIpc) is 2.17. The van der Waals surface area contributed by atoms with Crippen LogP contribution in [0.2, 0.25) is 0 Å². The quantitative estimate of drug-likeness (QED) is 0.774. The maximum absolute atomic E-state index is 5.55. The molecule has 1 aromatic heterocycles. The number of nitrogens with zero attached hydrogens (tertiary/aromatic N) is 3. The molecule has 1 rings (SSSR count). The van der Waals surface area contributed by atoms with Crippen LogP contribution < -0.4 is 10.5 Å². The Kier molecular flexibility index (Phi) is 4.61. The van der Waals surface area contributed by atoms with Crippen molar-refractivity contribution in [1.29, 1.82) is 0 Å². The average molecular weight is 228 g/mol. The molecule has 5 nitrogen and oxygen atoms in total. The summed E-state index contributed by atoms with van der Waals surface area (Å²) < 4.78 is 5.19. The number of ether oxygens (including phenoxy) is 1. The van der Waals surface area contributed by atoms with Gasteiger partial charge >= 0.3 is 6.01 Å². The SMILES string of the molecule is CCOc1nc(N)nc(SC(C)CC)n1. The molecule has 0 saturated heterocycles. The molecular weight excluding hydrogens is 212 g/mol. The number of nitrogen functional groups attached to an aromatic ring is 1. The highest BCUT2D eigenvalue weighted by Crippen LogP contribution is 2.22. The number of rotatable bonds is 5. The number of thioether (sulfide) groups is 1. The fraction of sp³-hybridized carbons (Fsp3) is 0.667. The van der Waals surface area contributed by atoms with Gasteiger partial charge in [0.15, 0.2) is 5.16 Å². The van der Waals surface area contributed by atoms with Crippen molar-refractivity contribution in [2.24, 2.45) is 0 Å². The van der Waals surface area contributed by atoms with E-state index in [-0.39, 0.29) is 5.95 Å². The predicted molar refractivity (Wildman–Crippen MR) is 61.0 cm³/mol. The molecule has 0 radical (unpaired) electrons. The molecule has 1 unspecified atom stereocenters. The summed E-state index contributed by atoms with van der Waals surface area (Å²) in [4.78, 5) is 12.1. The molecule has 0 aliphatic heterocycles. The summed E-state index contributed by atoms with van der Waals surface area (Å²) >= 11 is 1.58. The van der Waals surface area contributed by atoms with Gasteiger partial charge in [-0.25, -0.2) is 0 Å². The van der Waals surface area contributed by atoms with Gasteiger partial charge in [0.2, 0.25) is 5.95 Å². The van der Waals surface area contributed by atoms with Gasteiger partial charge in [-0.05, 0) is 13.3 Å². The summed E-state index contributed by atoms with van der Waals surface area (Å²) in [6.07, 6.45) is 1.06. The van der Waals surface area contributed by atoms with Gasteiger partial charge in [0.1, 0.15) is 0 Å². The Balaban J connectivity index is 2.78. The minimum atomic E-state index is 0.208. The van der Waals surface area contributed by atoms with E-state index in [0.29, 0.717) is 23.0 Å². The maximum Gasteiger partial charge on any atom is 0.322 e. The zero-order valence-electron chi connectivity index (χ0n) is 9.23. The van der Waals surface area contributed by atoms with Gasteiger partial charge in [0.25, 0.3) is 0 Å². The predicted octanol–water partition coefficient (Wildman–Crippen LogP) is 1.74. The largest absolute Gasteiger partial charge is 0.464 e. The van der Waals surface area contributed by atoms with Gasteiger partial charge in [-0.3, -0.25) is 0 Å². The van der Waals surface area contributed by atoms with Crippen molar-refractivity contribution in [3.63, 3.8) is 0 Å². The van der Waals surface area contributed by atoms with Gasteiger partial charge in [-0.1, -0.05) is 25.6 Å².